The standard InChI is InChI=1S/C20H23/c1-2-3-4-5-8-16-11-12-19-14-17-9-6-7-10-18(17)15-20(19)13-16/h6-7,9-11,13-15H,2-5,8,12H2,1H3. The maximum absolute atomic E-state index is 2.42. The Kier molecular flexibility index (Phi) is 4.20. The molecule has 0 aromatic heterocycles. The van der Waals surface area contributed by atoms with Gasteiger partial charge < -0.3 is 0 Å². The molecule has 0 unspecified atom stereocenters. The van der Waals surface area contributed by atoms with E-state index in [0.717, 1.165) is 6.42 Å². The van der Waals surface area contributed by atoms with Gasteiger partial charge in [0.25, 0.3) is 0 Å². The van der Waals surface area contributed by atoms with Gasteiger partial charge in [-0.05, 0) is 41.2 Å². The van der Waals surface area contributed by atoms with E-state index in [2.05, 4.69) is 55.8 Å². The average molecular weight is 263 g/mol. The van der Waals surface area contributed by atoms with Crippen LogP contribution in [0.1, 0.15) is 50.2 Å². The van der Waals surface area contributed by atoms with E-state index in [0.29, 0.717) is 0 Å². The first kappa shape index (κ1) is 13.4. The Labute approximate surface area is 122 Å². The molecular weight excluding hydrogens is 240 g/mol. The van der Waals surface area contributed by atoms with Gasteiger partial charge in [-0.2, -0.15) is 0 Å². The molecule has 0 fully saturated rings. The van der Waals surface area contributed by atoms with Crippen molar-refractivity contribution in [3.8, 4) is 0 Å². The van der Waals surface area contributed by atoms with Crippen LogP contribution >= 0.6 is 0 Å². The van der Waals surface area contributed by atoms with Gasteiger partial charge in [0.1, 0.15) is 0 Å². The quantitative estimate of drug-likeness (QED) is 0.594. The SMILES string of the molecule is CCCCCCC1=CCc2cc3ccccc3cc2[CH]1. The van der Waals surface area contributed by atoms with Crippen molar-refractivity contribution < 1.29 is 0 Å². The number of fused-ring (bicyclic) bond motifs is 2. The Morgan fingerprint density at radius 2 is 1.75 bits per heavy atom. The van der Waals surface area contributed by atoms with Crippen LogP contribution in [-0.2, 0) is 6.42 Å². The highest BCUT2D eigenvalue weighted by molar-refractivity contribution is 5.85. The van der Waals surface area contributed by atoms with Crippen molar-refractivity contribution in [2.24, 2.45) is 0 Å². The van der Waals surface area contributed by atoms with Crippen molar-refractivity contribution in [1.82, 2.24) is 0 Å². The molecule has 0 heterocycles. The second kappa shape index (κ2) is 6.26. The summed E-state index contributed by atoms with van der Waals surface area (Å²) in [5.74, 6) is 0. The highest BCUT2D eigenvalue weighted by atomic mass is 14.2. The van der Waals surface area contributed by atoms with E-state index >= 15 is 0 Å². The lowest BCUT2D eigenvalue weighted by Gasteiger charge is -2.18. The molecular formula is C20H23. The highest BCUT2D eigenvalue weighted by Gasteiger charge is 2.12. The van der Waals surface area contributed by atoms with Crippen LogP contribution in [0.5, 0.6) is 0 Å². The third kappa shape index (κ3) is 2.95. The topological polar surface area (TPSA) is 0 Å². The zero-order chi connectivity index (χ0) is 13.8. The zero-order valence-electron chi connectivity index (χ0n) is 12.4. The number of hydrogen-bond donors (Lipinski definition) is 0. The van der Waals surface area contributed by atoms with E-state index < -0.39 is 0 Å². The van der Waals surface area contributed by atoms with Crippen LogP contribution in [0.15, 0.2) is 48.0 Å². The Morgan fingerprint density at radius 3 is 2.55 bits per heavy atom. The number of rotatable bonds is 5. The van der Waals surface area contributed by atoms with Crippen molar-refractivity contribution in [1.29, 1.82) is 0 Å². The Hall–Kier alpha value is -1.56. The largest absolute Gasteiger partial charge is 0.0803 e. The lowest BCUT2D eigenvalue weighted by atomic mass is 9.87. The van der Waals surface area contributed by atoms with Crippen LogP contribution < -0.4 is 0 Å². The molecule has 0 spiro atoms. The van der Waals surface area contributed by atoms with Crippen molar-refractivity contribution in [2.75, 3.05) is 0 Å². The molecule has 0 heteroatoms. The summed E-state index contributed by atoms with van der Waals surface area (Å²) in [4.78, 5) is 0. The van der Waals surface area contributed by atoms with E-state index in [-0.39, 0.29) is 0 Å². The molecule has 0 N–H and O–H groups in total. The first-order valence-corrected chi connectivity index (χ1v) is 7.92. The molecule has 0 saturated heterocycles. The smallest absolute Gasteiger partial charge is 0.0158 e. The third-order valence-corrected chi connectivity index (χ3v) is 4.25. The molecule has 1 aliphatic rings. The van der Waals surface area contributed by atoms with Gasteiger partial charge in [0, 0.05) is 6.42 Å². The molecule has 1 radical (unpaired) electrons. The molecule has 1 aliphatic carbocycles. The molecule has 0 nitrogen and oxygen atoms in total. The minimum absolute atomic E-state index is 1.10. The van der Waals surface area contributed by atoms with Gasteiger partial charge in [0.15, 0.2) is 0 Å². The van der Waals surface area contributed by atoms with Crippen molar-refractivity contribution in [3.05, 3.63) is 65.6 Å². The normalized spacial score (nSPS) is 14.2. The van der Waals surface area contributed by atoms with Gasteiger partial charge in [0.05, 0.1) is 0 Å². The first-order chi connectivity index (χ1) is 9.86. The summed E-state index contributed by atoms with van der Waals surface area (Å²) in [6.45, 7) is 2.27. The van der Waals surface area contributed by atoms with Gasteiger partial charge >= 0.3 is 0 Å². The summed E-state index contributed by atoms with van der Waals surface area (Å²) >= 11 is 0. The molecule has 0 atom stereocenters. The van der Waals surface area contributed by atoms with Crippen LogP contribution in [0.3, 0.4) is 0 Å². The lowest BCUT2D eigenvalue weighted by Crippen LogP contribution is -2.01. The third-order valence-electron chi connectivity index (χ3n) is 4.25. The fourth-order valence-electron chi connectivity index (χ4n) is 3.05. The maximum Gasteiger partial charge on any atom is 0.0158 e. The average Bonchev–Trinajstić information content (AvgIpc) is 2.49. The molecule has 0 amide bonds. The summed E-state index contributed by atoms with van der Waals surface area (Å²) in [6, 6.07) is 13.4. The minimum Gasteiger partial charge on any atom is -0.0803 e. The molecule has 3 rings (SSSR count). The van der Waals surface area contributed by atoms with E-state index in [4.69, 9.17) is 0 Å². The van der Waals surface area contributed by atoms with E-state index in [1.54, 1.807) is 0 Å². The Balaban J connectivity index is 1.72. The maximum atomic E-state index is 2.42. The van der Waals surface area contributed by atoms with Gasteiger partial charge in [0.2, 0.25) is 0 Å². The summed E-state index contributed by atoms with van der Waals surface area (Å²) in [6.07, 6.45) is 12.5. The van der Waals surface area contributed by atoms with Gasteiger partial charge in [-0.3, -0.25) is 0 Å². The molecule has 103 valence electrons. The molecule has 2 aromatic carbocycles. The van der Waals surface area contributed by atoms with Gasteiger partial charge in [-0.25, -0.2) is 0 Å². The van der Waals surface area contributed by atoms with Crippen LogP contribution in [0.2, 0.25) is 0 Å². The molecule has 20 heavy (non-hydrogen) atoms. The van der Waals surface area contributed by atoms with Gasteiger partial charge in [-0.1, -0.05) is 74.2 Å². The molecule has 0 aliphatic heterocycles. The van der Waals surface area contributed by atoms with Crippen LogP contribution in [-0.4, -0.2) is 0 Å². The molecule has 0 saturated carbocycles. The first-order valence-electron chi connectivity index (χ1n) is 7.92. The molecule has 2 aromatic rings. The number of unbranched alkanes of at least 4 members (excludes halogenated alkanes) is 3. The minimum atomic E-state index is 1.10. The highest BCUT2D eigenvalue weighted by Crippen LogP contribution is 2.29. The fourth-order valence-corrected chi connectivity index (χ4v) is 3.05. The predicted molar refractivity (Wildman–Crippen MR) is 87.9 cm³/mol. The number of allylic oxidation sites excluding steroid dienone is 2. The lowest BCUT2D eigenvalue weighted by molar-refractivity contribution is 0.664. The van der Waals surface area contributed by atoms with Gasteiger partial charge in [-0.15, -0.1) is 0 Å². The summed E-state index contributed by atoms with van der Waals surface area (Å²) < 4.78 is 0. The zero-order valence-corrected chi connectivity index (χ0v) is 12.4. The number of benzene rings is 2. The summed E-state index contributed by atoms with van der Waals surface area (Å²) in [5, 5.41) is 2.72. The van der Waals surface area contributed by atoms with Crippen LogP contribution in [0, 0.1) is 6.42 Å². The molecule has 0 bridgehead atoms. The van der Waals surface area contributed by atoms with Crippen LogP contribution in [0.4, 0.5) is 0 Å². The Morgan fingerprint density at radius 1 is 0.950 bits per heavy atom. The summed E-state index contributed by atoms with van der Waals surface area (Å²) in [7, 11) is 0. The summed E-state index contributed by atoms with van der Waals surface area (Å²) in [5.41, 5.74) is 4.43. The van der Waals surface area contributed by atoms with E-state index in [1.165, 1.54) is 59.6 Å². The predicted octanol–water partition coefficient (Wildman–Crippen LogP) is 5.85. The van der Waals surface area contributed by atoms with Crippen molar-refractivity contribution >= 4 is 10.8 Å². The Bertz CT molecular complexity index is 619. The second-order valence-corrected chi connectivity index (χ2v) is 5.84. The van der Waals surface area contributed by atoms with E-state index in [1.807, 2.05) is 0 Å². The van der Waals surface area contributed by atoms with Crippen LogP contribution in [0.25, 0.3) is 10.8 Å². The van der Waals surface area contributed by atoms with Crippen molar-refractivity contribution in [2.45, 2.75) is 45.4 Å². The monoisotopic (exact) mass is 263 g/mol. The number of hydrogen-bond acceptors (Lipinski definition) is 0. The van der Waals surface area contributed by atoms with E-state index in [9.17, 15) is 0 Å². The van der Waals surface area contributed by atoms with Crippen molar-refractivity contribution in [3.63, 3.8) is 0 Å². The second-order valence-electron chi connectivity index (χ2n) is 5.84. The fraction of sp³-hybridized carbons (Fsp3) is 0.350.